The van der Waals surface area contributed by atoms with Crippen LogP contribution in [-0.4, -0.2) is 27.9 Å². The van der Waals surface area contributed by atoms with Gasteiger partial charge in [-0.1, -0.05) is 66.7 Å². The molecule has 162 valence electrons. The Morgan fingerprint density at radius 1 is 0.806 bits per heavy atom. The Bertz CT molecular complexity index is 1020. The largest absolute Gasteiger partial charge is 0.481 e. The molecule has 1 unspecified atom stereocenters. The van der Waals surface area contributed by atoms with E-state index in [1.165, 1.54) is 22.9 Å². The number of aliphatic carboxylic acids is 2. The standard InChI is InChI=1S/C26H28O4S/c27-25(28)15-16-31-24(18-26(29)30)22-12-6-11-21-14-13-20(17-23(21)22)10-5-4-9-19-7-2-1-3-8-19/h1-3,6-8,11-14,17,24H,4-5,9-10,15-16,18H2,(H,27,28)(H,29,30). The summed E-state index contributed by atoms with van der Waals surface area (Å²) in [6, 6.07) is 22.9. The predicted molar refractivity (Wildman–Crippen MR) is 127 cm³/mol. The van der Waals surface area contributed by atoms with Crippen LogP contribution in [0.3, 0.4) is 0 Å². The van der Waals surface area contributed by atoms with E-state index in [1.54, 1.807) is 0 Å². The van der Waals surface area contributed by atoms with Crippen molar-refractivity contribution in [3.63, 3.8) is 0 Å². The summed E-state index contributed by atoms with van der Waals surface area (Å²) in [5.74, 6) is -1.35. The number of thioether (sulfide) groups is 1. The molecule has 0 aromatic heterocycles. The average molecular weight is 437 g/mol. The van der Waals surface area contributed by atoms with E-state index in [-0.39, 0.29) is 18.1 Å². The number of carboxylic acids is 2. The molecule has 0 saturated heterocycles. The number of unbranched alkanes of at least 4 members (excludes halogenated alkanes) is 1. The van der Waals surface area contributed by atoms with E-state index in [0.29, 0.717) is 5.75 Å². The monoisotopic (exact) mass is 436 g/mol. The lowest BCUT2D eigenvalue weighted by Crippen LogP contribution is -2.06. The van der Waals surface area contributed by atoms with Gasteiger partial charge in [0.1, 0.15) is 0 Å². The lowest BCUT2D eigenvalue weighted by molar-refractivity contribution is -0.137. The summed E-state index contributed by atoms with van der Waals surface area (Å²) in [5, 5.41) is 20.2. The first kappa shape index (κ1) is 22.9. The van der Waals surface area contributed by atoms with E-state index >= 15 is 0 Å². The van der Waals surface area contributed by atoms with E-state index in [2.05, 4.69) is 42.5 Å². The Kier molecular flexibility index (Phi) is 8.53. The van der Waals surface area contributed by atoms with E-state index in [1.807, 2.05) is 24.3 Å². The number of carboxylic acid groups (broad SMARTS) is 2. The first-order chi connectivity index (χ1) is 15.0. The van der Waals surface area contributed by atoms with Gasteiger partial charge in [-0.05, 0) is 53.1 Å². The lowest BCUT2D eigenvalue weighted by atomic mass is 9.96. The van der Waals surface area contributed by atoms with Gasteiger partial charge in [-0.15, -0.1) is 0 Å². The minimum atomic E-state index is -0.873. The Balaban J connectivity index is 1.72. The summed E-state index contributed by atoms with van der Waals surface area (Å²) in [5.41, 5.74) is 3.58. The average Bonchev–Trinajstić information content (AvgIpc) is 2.76. The van der Waals surface area contributed by atoms with Crippen molar-refractivity contribution in [3.8, 4) is 0 Å². The van der Waals surface area contributed by atoms with Crippen LogP contribution in [0, 0.1) is 0 Å². The van der Waals surface area contributed by atoms with E-state index < -0.39 is 11.9 Å². The molecule has 0 fully saturated rings. The first-order valence-corrected chi connectivity index (χ1v) is 11.7. The SMILES string of the molecule is O=C(O)CCSC(CC(=O)O)c1cccc2ccc(CCCCc3ccccc3)cc12. The Morgan fingerprint density at radius 3 is 2.26 bits per heavy atom. The van der Waals surface area contributed by atoms with Gasteiger partial charge in [0.25, 0.3) is 0 Å². The summed E-state index contributed by atoms with van der Waals surface area (Å²) in [6.45, 7) is 0. The number of fused-ring (bicyclic) bond motifs is 1. The molecule has 1 atom stereocenters. The van der Waals surface area contributed by atoms with Crippen LogP contribution in [0.2, 0.25) is 0 Å². The third kappa shape index (κ3) is 7.14. The van der Waals surface area contributed by atoms with Crippen LogP contribution < -0.4 is 0 Å². The summed E-state index contributed by atoms with van der Waals surface area (Å²) in [6.07, 6.45) is 4.27. The second-order valence-electron chi connectivity index (χ2n) is 7.70. The molecule has 0 aliphatic rings. The van der Waals surface area contributed by atoms with Gasteiger partial charge in [-0.2, -0.15) is 11.8 Å². The molecule has 0 amide bonds. The van der Waals surface area contributed by atoms with Crippen molar-refractivity contribution in [2.45, 2.75) is 43.8 Å². The van der Waals surface area contributed by atoms with Crippen LogP contribution >= 0.6 is 11.8 Å². The molecular formula is C26H28O4S. The predicted octanol–water partition coefficient (Wildman–Crippen LogP) is 6.13. The third-order valence-electron chi connectivity index (χ3n) is 5.35. The van der Waals surface area contributed by atoms with Crippen molar-refractivity contribution in [1.82, 2.24) is 0 Å². The van der Waals surface area contributed by atoms with E-state index in [0.717, 1.165) is 42.0 Å². The molecule has 3 aromatic carbocycles. The van der Waals surface area contributed by atoms with Crippen molar-refractivity contribution in [3.05, 3.63) is 83.4 Å². The smallest absolute Gasteiger partial charge is 0.304 e. The van der Waals surface area contributed by atoms with E-state index in [9.17, 15) is 14.7 Å². The molecule has 2 N–H and O–H groups in total. The molecule has 3 aromatic rings. The number of benzene rings is 3. The van der Waals surface area contributed by atoms with Crippen molar-refractivity contribution in [2.24, 2.45) is 0 Å². The highest BCUT2D eigenvalue weighted by molar-refractivity contribution is 7.99. The Hall–Kier alpha value is -2.79. The highest BCUT2D eigenvalue weighted by Gasteiger charge is 2.19. The maximum Gasteiger partial charge on any atom is 0.304 e. The van der Waals surface area contributed by atoms with Crippen LogP contribution in [0.4, 0.5) is 0 Å². The molecule has 0 aliphatic carbocycles. The highest BCUT2D eigenvalue weighted by Crippen LogP contribution is 2.37. The number of aryl methyl sites for hydroxylation is 2. The molecule has 0 radical (unpaired) electrons. The summed E-state index contributed by atoms with van der Waals surface area (Å²) in [7, 11) is 0. The number of hydrogen-bond acceptors (Lipinski definition) is 3. The first-order valence-electron chi connectivity index (χ1n) is 10.6. The van der Waals surface area contributed by atoms with Crippen LogP contribution in [0.1, 0.15) is 47.6 Å². The zero-order valence-electron chi connectivity index (χ0n) is 17.5. The van der Waals surface area contributed by atoms with Gasteiger partial charge in [0.15, 0.2) is 0 Å². The molecule has 0 heterocycles. The Labute approximate surface area is 187 Å². The minimum Gasteiger partial charge on any atom is -0.481 e. The summed E-state index contributed by atoms with van der Waals surface area (Å²) >= 11 is 1.41. The topological polar surface area (TPSA) is 74.6 Å². The summed E-state index contributed by atoms with van der Waals surface area (Å²) < 4.78 is 0. The zero-order chi connectivity index (χ0) is 22.1. The number of hydrogen-bond donors (Lipinski definition) is 2. The normalized spacial score (nSPS) is 12.0. The molecule has 5 heteroatoms. The zero-order valence-corrected chi connectivity index (χ0v) is 18.3. The molecule has 31 heavy (non-hydrogen) atoms. The summed E-state index contributed by atoms with van der Waals surface area (Å²) in [4.78, 5) is 22.3. The van der Waals surface area contributed by atoms with Gasteiger partial charge in [0, 0.05) is 11.0 Å². The van der Waals surface area contributed by atoms with E-state index in [4.69, 9.17) is 5.11 Å². The fourth-order valence-corrected chi connectivity index (χ4v) is 5.01. The van der Waals surface area contributed by atoms with Crippen molar-refractivity contribution in [2.75, 3.05) is 5.75 Å². The molecular weight excluding hydrogens is 408 g/mol. The molecule has 4 nitrogen and oxygen atoms in total. The van der Waals surface area contributed by atoms with Crippen molar-refractivity contribution >= 4 is 34.5 Å². The maximum absolute atomic E-state index is 11.4. The number of rotatable bonds is 12. The van der Waals surface area contributed by atoms with Crippen LogP contribution in [0.5, 0.6) is 0 Å². The fourth-order valence-electron chi connectivity index (χ4n) is 3.79. The molecule has 3 rings (SSSR count). The molecule has 0 aliphatic heterocycles. The van der Waals surface area contributed by atoms with Gasteiger partial charge in [-0.3, -0.25) is 9.59 Å². The second kappa shape index (κ2) is 11.6. The van der Waals surface area contributed by atoms with Crippen LogP contribution in [0.25, 0.3) is 10.8 Å². The maximum atomic E-state index is 11.4. The number of carbonyl (C=O) groups is 2. The second-order valence-corrected chi connectivity index (χ2v) is 9.01. The van der Waals surface area contributed by atoms with Gasteiger partial charge >= 0.3 is 11.9 Å². The van der Waals surface area contributed by atoms with Crippen molar-refractivity contribution in [1.29, 1.82) is 0 Å². The highest BCUT2D eigenvalue weighted by atomic mass is 32.2. The third-order valence-corrected chi connectivity index (χ3v) is 6.61. The fraction of sp³-hybridized carbons (Fsp3) is 0.308. The van der Waals surface area contributed by atoms with Crippen LogP contribution in [-0.2, 0) is 22.4 Å². The molecule has 0 spiro atoms. The van der Waals surface area contributed by atoms with Gasteiger partial charge < -0.3 is 10.2 Å². The van der Waals surface area contributed by atoms with Gasteiger partial charge in [0.2, 0.25) is 0 Å². The van der Waals surface area contributed by atoms with Crippen LogP contribution in [0.15, 0.2) is 66.7 Å². The van der Waals surface area contributed by atoms with Gasteiger partial charge in [-0.25, -0.2) is 0 Å². The van der Waals surface area contributed by atoms with Gasteiger partial charge in [0.05, 0.1) is 12.8 Å². The molecule has 0 saturated carbocycles. The quantitative estimate of drug-likeness (QED) is 0.334. The lowest BCUT2D eigenvalue weighted by Gasteiger charge is -2.18. The molecule has 0 bridgehead atoms. The van der Waals surface area contributed by atoms with Crippen molar-refractivity contribution < 1.29 is 19.8 Å². The minimum absolute atomic E-state index is 0.0231. The Morgan fingerprint density at radius 2 is 1.55 bits per heavy atom.